The predicted octanol–water partition coefficient (Wildman–Crippen LogP) is 0.157. The number of amides is 1. The second-order valence-electron chi connectivity index (χ2n) is 5.79. The van der Waals surface area contributed by atoms with E-state index in [-0.39, 0.29) is 12.0 Å². The topological polar surface area (TPSA) is 111 Å². The Morgan fingerprint density at radius 3 is 2.82 bits per heavy atom. The molecule has 1 amide bonds. The molecule has 0 aromatic carbocycles. The predicted molar refractivity (Wildman–Crippen MR) is 75.7 cm³/mol. The molecule has 0 radical (unpaired) electrons. The highest BCUT2D eigenvalue weighted by Gasteiger charge is 2.30. The van der Waals surface area contributed by atoms with Gasteiger partial charge in [0.1, 0.15) is 11.5 Å². The van der Waals surface area contributed by atoms with E-state index in [1.165, 1.54) is 0 Å². The van der Waals surface area contributed by atoms with Crippen LogP contribution in [0.4, 0.5) is 0 Å². The first-order valence-corrected chi connectivity index (χ1v) is 9.25. The summed E-state index contributed by atoms with van der Waals surface area (Å²) >= 11 is 0. The van der Waals surface area contributed by atoms with Gasteiger partial charge in [-0.15, -0.1) is 0 Å². The molecule has 0 spiro atoms. The van der Waals surface area contributed by atoms with Crippen LogP contribution < -0.4 is 5.32 Å². The Labute approximate surface area is 128 Å². The number of ether oxygens (including phenoxy) is 1. The molecule has 3 rings (SSSR count). The fraction of sp³-hybridized carbons (Fsp3) is 0.769. The summed E-state index contributed by atoms with van der Waals surface area (Å²) in [5.74, 6) is -0.602. The molecule has 1 aromatic heterocycles. The Morgan fingerprint density at radius 2 is 2.14 bits per heavy atom. The van der Waals surface area contributed by atoms with Crippen molar-refractivity contribution in [2.45, 2.75) is 43.5 Å². The molecule has 1 unspecified atom stereocenters. The van der Waals surface area contributed by atoms with Crippen LogP contribution in [0.3, 0.4) is 0 Å². The highest BCUT2D eigenvalue weighted by molar-refractivity contribution is 7.91. The van der Waals surface area contributed by atoms with Crippen molar-refractivity contribution in [3.8, 4) is 0 Å². The Bertz CT molecular complexity index is 632. The van der Waals surface area contributed by atoms with Gasteiger partial charge in [-0.2, -0.15) is 4.98 Å². The molecule has 1 aliphatic carbocycles. The average molecular weight is 329 g/mol. The third-order valence-corrected chi connectivity index (χ3v) is 5.06. The van der Waals surface area contributed by atoms with Crippen LogP contribution in [0.15, 0.2) is 4.52 Å². The van der Waals surface area contributed by atoms with E-state index in [9.17, 15) is 13.2 Å². The number of aromatic nitrogens is 2. The third kappa shape index (κ3) is 4.26. The van der Waals surface area contributed by atoms with Crippen molar-refractivity contribution in [3.05, 3.63) is 11.7 Å². The second-order valence-corrected chi connectivity index (χ2v) is 7.86. The van der Waals surface area contributed by atoms with Gasteiger partial charge in [-0.3, -0.25) is 4.79 Å². The number of nitrogens with zero attached hydrogens (tertiary/aromatic N) is 2. The number of rotatable bonds is 7. The molecular weight excluding hydrogens is 310 g/mol. The molecule has 1 saturated carbocycles. The van der Waals surface area contributed by atoms with E-state index in [0.717, 1.165) is 25.7 Å². The Kier molecular flexibility index (Phi) is 4.44. The van der Waals surface area contributed by atoms with Crippen LogP contribution in [0.25, 0.3) is 0 Å². The van der Waals surface area contributed by atoms with E-state index < -0.39 is 27.3 Å². The van der Waals surface area contributed by atoms with E-state index in [4.69, 9.17) is 9.26 Å². The Balaban J connectivity index is 1.47. The molecule has 1 aliphatic heterocycles. The smallest absolute Gasteiger partial charge is 0.241 e. The maximum Gasteiger partial charge on any atom is 0.241 e. The first kappa shape index (κ1) is 15.4. The highest BCUT2D eigenvalue weighted by atomic mass is 32.2. The number of sulfone groups is 1. The lowest BCUT2D eigenvalue weighted by atomic mass is 10.2. The molecule has 9 heteroatoms. The van der Waals surface area contributed by atoms with Gasteiger partial charge in [0.05, 0.1) is 6.10 Å². The van der Waals surface area contributed by atoms with E-state index >= 15 is 0 Å². The normalized spacial score (nSPS) is 21.9. The van der Waals surface area contributed by atoms with Crippen molar-refractivity contribution in [1.82, 2.24) is 15.5 Å². The van der Waals surface area contributed by atoms with Gasteiger partial charge >= 0.3 is 0 Å². The van der Waals surface area contributed by atoms with Crippen molar-refractivity contribution < 1.29 is 22.5 Å². The number of hydrogen-bond acceptors (Lipinski definition) is 7. The standard InChI is InChI=1S/C13H19N3O5S/c17-11(14-6-10-2-1-5-20-10)7-22(18,19)8-12-15-13(16-21-12)9-3-4-9/h9-10H,1-8H2,(H,14,17). The molecule has 1 saturated heterocycles. The second kappa shape index (κ2) is 6.33. The number of carbonyl (C=O) groups excluding carboxylic acids is 1. The van der Waals surface area contributed by atoms with E-state index in [0.29, 0.717) is 24.9 Å². The molecule has 8 nitrogen and oxygen atoms in total. The average Bonchev–Trinajstić information content (AvgIpc) is 2.98. The van der Waals surface area contributed by atoms with Crippen molar-refractivity contribution >= 4 is 15.7 Å². The zero-order chi connectivity index (χ0) is 15.6. The SMILES string of the molecule is O=C(CS(=O)(=O)Cc1nc(C2CC2)no1)NCC1CCCO1. The summed E-state index contributed by atoms with van der Waals surface area (Å²) in [6.45, 7) is 1.04. The molecule has 2 heterocycles. The monoisotopic (exact) mass is 329 g/mol. The largest absolute Gasteiger partial charge is 0.376 e. The van der Waals surface area contributed by atoms with Crippen LogP contribution >= 0.6 is 0 Å². The summed E-state index contributed by atoms with van der Waals surface area (Å²) in [6, 6.07) is 0. The van der Waals surface area contributed by atoms with Gasteiger partial charge in [0.25, 0.3) is 0 Å². The van der Waals surface area contributed by atoms with Crippen molar-refractivity contribution in [2.24, 2.45) is 0 Å². The summed E-state index contributed by atoms with van der Waals surface area (Å²) in [4.78, 5) is 15.8. The fourth-order valence-electron chi connectivity index (χ4n) is 2.36. The first-order chi connectivity index (χ1) is 10.5. The Hall–Kier alpha value is -1.48. The molecule has 1 atom stereocenters. The summed E-state index contributed by atoms with van der Waals surface area (Å²) in [5, 5.41) is 6.35. The van der Waals surface area contributed by atoms with Crippen LogP contribution in [0.1, 0.15) is 43.3 Å². The van der Waals surface area contributed by atoms with Gasteiger partial charge in [-0.05, 0) is 25.7 Å². The molecular formula is C13H19N3O5S. The van der Waals surface area contributed by atoms with Gasteiger partial charge in [0, 0.05) is 19.1 Å². The first-order valence-electron chi connectivity index (χ1n) is 7.43. The summed E-state index contributed by atoms with van der Waals surface area (Å²) in [7, 11) is -3.62. The summed E-state index contributed by atoms with van der Waals surface area (Å²) < 4.78 is 34.3. The van der Waals surface area contributed by atoms with Gasteiger partial charge in [-0.25, -0.2) is 8.42 Å². The molecule has 122 valence electrons. The minimum atomic E-state index is -3.62. The van der Waals surface area contributed by atoms with Crippen LogP contribution in [0, 0.1) is 0 Å². The molecule has 2 aliphatic rings. The van der Waals surface area contributed by atoms with Crippen LogP contribution in [0.5, 0.6) is 0 Å². The summed E-state index contributed by atoms with van der Waals surface area (Å²) in [6.07, 6.45) is 3.87. The zero-order valence-electron chi connectivity index (χ0n) is 12.2. The van der Waals surface area contributed by atoms with E-state index in [2.05, 4.69) is 15.5 Å². The van der Waals surface area contributed by atoms with Gasteiger partial charge in [0.15, 0.2) is 15.7 Å². The summed E-state index contributed by atoms with van der Waals surface area (Å²) in [5.41, 5.74) is 0. The van der Waals surface area contributed by atoms with Crippen LogP contribution in [0.2, 0.25) is 0 Å². The quantitative estimate of drug-likeness (QED) is 0.758. The van der Waals surface area contributed by atoms with Gasteiger partial charge < -0.3 is 14.6 Å². The number of nitrogens with one attached hydrogen (secondary N) is 1. The van der Waals surface area contributed by atoms with Crippen molar-refractivity contribution in [3.63, 3.8) is 0 Å². The van der Waals surface area contributed by atoms with E-state index in [1.54, 1.807) is 0 Å². The maximum atomic E-state index is 12.0. The van der Waals surface area contributed by atoms with Crippen molar-refractivity contribution in [2.75, 3.05) is 18.9 Å². The molecule has 22 heavy (non-hydrogen) atoms. The molecule has 1 aromatic rings. The van der Waals surface area contributed by atoms with Gasteiger partial charge in [0.2, 0.25) is 11.8 Å². The molecule has 0 bridgehead atoms. The van der Waals surface area contributed by atoms with E-state index in [1.807, 2.05) is 0 Å². The number of hydrogen-bond donors (Lipinski definition) is 1. The minimum absolute atomic E-state index is 0.0105. The number of carbonyl (C=O) groups is 1. The minimum Gasteiger partial charge on any atom is -0.376 e. The third-order valence-electron chi connectivity index (χ3n) is 3.67. The molecule has 2 fully saturated rings. The lowest BCUT2D eigenvalue weighted by molar-refractivity contribution is -0.119. The van der Waals surface area contributed by atoms with Gasteiger partial charge in [-0.1, -0.05) is 5.16 Å². The molecule has 1 N–H and O–H groups in total. The lowest BCUT2D eigenvalue weighted by Crippen LogP contribution is -2.36. The maximum absolute atomic E-state index is 12.0. The van der Waals surface area contributed by atoms with Crippen molar-refractivity contribution in [1.29, 1.82) is 0 Å². The van der Waals surface area contributed by atoms with Crippen LogP contribution in [-0.2, 0) is 25.1 Å². The van der Waals surface area contributed by atoms with Crippen LogP contribution in [-0.4, -0.2) is 49.5 Å². The highest BCUT2D eigenvalue weighted by Crippen LogP contribution is 2.38. The lowest BCUT2D eigenvalue weighted by Gasteiger charge is -2.10. The Morgan fingerprint density at radius 1 is 1.32 bits per heavy atom. The fourth-order valence-corrected chi connectivity index (χ4v) is 3.45. The zero-order valence-corrected chi connectivity index (χ0v) is 13.0.